The number of anilines is 2. The first-order valence-electron chi connectivity index (χ1n) is 8.61. The Hall–Kier alpha value is -1.79. The Morgan fingerprint density at radius 2 is 2.08 bits per heavy atom. The monoisotopic (exact) mass is 357 g/mol. The van der Waals surface area contributed by atoms with Crippen molar-refractivity contribution >= 4 is 17.8 Å². The van der Waals surface area contributed by atoms with Gasteiger partial charge in [-0.2, -0.15) is 13.2 Å². The second-order valence-electron chi connectivity index (χ2n) is 7.64. The molecule has 0 fully saturated rings. The van der Waals surface area contributed by atoms with E-state index >= 15 is 0 Å². The zero-order valence-electron chi connectivity index (χ0n) is 15.1. The standard InChI is InChI=1S/C18H26F3N3O/c1-5-11(6-7-25)14-9-12-8-13(18(19,20)21)10-22-15(12)16(23-14)24-17(2,3)4/h7,9,11,13,22H,5-6,8,10H2,1-4H3,(H,23,24). The summed E-state index contributed by atoms with van der Waals surface area (Å²) in [5, 5.41) is 6.19. The minimum Gasteiger partial charge on any atom is -0.381 e. The van der Waals surface area contributed by atoms with Gasteiger partial charge in [-0.1, -0.05) is 6.92 Å². The summed E-state index contributed by atoms with van der Waals surface area (Å²) in [6.07, 6.45) is -2.46. The van der Waals surface area contributed by atoms with Gasteiger partial charge in [0.05, 0.1) is 11.6 Å². The van der Waals surface area contributed by atoms with Crippen molar-refractivity contribution in [2.45, 2.75) is 64.6 Å². The first kappa shape index (κ1) is 19.5. The maximum absolute atomic E-state index is 13.1. The van der Waals surface area contributed by atoms with Crippen LogP contribution >= 0.6 is 0 Å². The predicted octanol–water partition coefficient (Wildman–Crippen LogP) is 4.52. The van der Waals surface area contributed by atoms with Crippen molar-refractivity contribution in [2.24, 2.45) is 5.92 Å². The molecule has 0 saturated carbocycles. The number of carbonyl (C=O) groups excluding carboxylic acids is 1. The van der Waals surface area contributed by atoms with Crippen LogP contribution in [0.15, 0.2) is 6.07 Å². The molecule has 1 aliphatic heterocycles. The molecule has 2 unspecified atom stereocenters. The second-order valence-corrected chi connectivity index (χ2v) is 7.64. The van der Waals surface area contributed by atoms with E-state index in [0.717, 1.165) is 6.29 Å². The highest BCUT2D eigenvalue weighted by Crippen LogP contribution is 2.39. The molecule has 140 valence electrons. The first-order chi connectivity index (χ1) is 11.5. The van der Waals surface area contributed by atoms with Crippen LogP contribution < -0.4 is 10.6 Å². The van der Waals surface area contributed by atoms with Crippen molar-refractivity contribution < 1.29 is 18.0 Å². The summed E-state index contributed by atoms with van der Waals surface area (Å²) in [7, 11) is 0. The molecule has 4 nitrogen and oxygen atoms in total. The van der Waals surface area contributed by atoms with Crippen LogP contribution in [0.5, 0.6) is 0 Å². The average Bonchev–Trinajstić information content (AvgIpc) is 2.49. The SMILES string of the molecule is CCC(CC=O)c1cc2c(c(NC(C)(C)C)n1)NCC(C(F)(F)F)C2. The van der Waals surface area contributed by atoms with Gasteiger partial charge >= 0.3 is 6.18 Å². The van der Waals surface area contributed by atoms with E-state index < -0.39 is 12.1 Å². The lowest BCUT2D eigenvalue weighted by molar-refractivity contribution is -0.170. The summed E-state index contributed by atoms with van der Waals surface area (Å²) in [6.45, 7) is 7.71. The highest BCUT2D eigenvalue weighted by Gasteiger charge is 2.42. The van der Waals surface area contributed by atoms with Crippen LogP contribution in [-0.2, 0) is 11.2 Å². The number of aromatic nitrogens is 1. The van der Waals surface area contributed by atoms with E-state index in [1.54, 1.807) is 6.07 Å². The Morgan fingerprint density at radius 3 is 2.60 bits per heavy atom. The number of nitrogens with one attached hydrogen (secondary N) is 2. The van der Waals surface area contributed by atoms with Gasteiger partial charge in [0.2, 0.25) is 0 Å². The summed E-state index contributed by atoms with van der Waals surface area (Å²) in [6, 6.07) is 1.73. The summed E-state index contributed by atoms with van der Waals surface area (Å²) in [4.78, 5) is 15.6. The molecule has 2 atom stereocenters. The fourth-order valence-electron chi connectivity index (χ4n) is 3.04. The lowest BCUT2D eigenvalue weighted by atomic mass is 9.90. The van der Waals surface area contributed by atoms with Gasteiger partial charge in [0.1, 0.15) is 12.1 Å². The van der Waals surface area contributed by atoms with Gasteiger partial charge in [0.25, 0.3) is 0 Å². The third kappa shape index (κ3) is 4.86. The average molecular weight is 357 g/mol. The van der Waals surface area contributed by atoms with Crippen molar-refractivity contribution in [3.8, 4) is 0 Å². The number of pyridine rings is 1. The van der Waals surface area contributed by atoms with Gasteiger partial charge in [-0.15, -0.1) is 0 Å². The van der Waals surface area contributed by atoms with E-state index in [1.807, 2.05) is 27.7 Å². The molecule has 0 aromatic carbocycles. The molecular formula is C18H26F3N3O. The number of hydrogen-bond acceptors (Lipinski definition) is 4. The van der Waals surface area contributed by atoms with E-state index in [1.165, 1.54) is 0 Å². The minimum absolute atomic E-state index is 0.0717. The van der Waals surface area contributed by atoms with Crippen LogP contribution in [0, 0.1) is 5.92 Å². The molecule has 0 amide bonds. The Bertz CT molecular complexity index is 623. The molecule has 0 saturated heterocycles. The largest absolute Gasteiger partial charge is 0.393 e. The van der Waals surface area contributed by atoms with Crippen molar-refractivity contribution in [2.75, 3.05) is 17.2 Å². The summed E-state index contributed by atoms with van der Waals surface area (Å²) in [5.41, 5.74) is 1.63. The van der Waals surface area contributed by atoms with E-state index in [2.05, 4.69) is 15.6 Å². The van der Waals surface area contributed by atoms with Crippen LogP contribution in [0.4, 0.5) is 24.7 Å². The van der Waals surface area contributed by atoms with E-state index in [9.17, 15) is 18.0 Å². The fourth-order valence-corrected chi connectivity index (χ4v) is 3.04. The molecule has 2 heterocycles. The molecule has 0 spiro atoms. The lowest BCUT2D eigenvalue weighted by Gasteiger charge is -2.32. The number of aldehydes is 1. The number of halogens is 3. The zero-order valence-corrected chi connectivity index (χ0v) is 15.1. The van der Waals surface area contributed by atoms with Crippen molar-refractivity contribution in [1.29, 1.82) is 0 Å². The number of alkyl halides is 3. The minimum atomic E-state index is -4.24. The number of nitrogens with zero attached hydrogens (tertiary/aromatic N) is 1. The summed E-state index contributed by atoms with van der Waals surface area (Å²) < 4.78 is 39.4. The Morgan fingerprint density at radius 1 is 1.40 bits per heavy atom. The highest BCUT2D eigenvalue weighted by molar-refractivity contribution is 5.71. The van der Waals surface area contributed by atoms with Gasteiger partial charge in [0.15, 0.2) is 0 Å². The third-order valence-electron chi connectivity index (χ3n) is 4.36. The topological polar surface area (TPSA) is 54.0 Å². The first-order valence-corrected chi connectivity index (χ1v) is 8.61. The number of rotatable bonds is 5. The highest BCUT2D eigenvalue weighted by atomic mass is 19.4. The Labute approximate surface area is 146 Å². The van der Waals surface area contributed by atoms with Gasteiger partial charge in [-0.05, 0) is 45.2 Å². The molecule has 1 aromatic rings. The van der Waals surface area contributed by atoms with Gasteiger partial charge in [0, 0.05) is 30.1 Å². The Balaban J connectivity index is 2.48. The van der Waals surface area contributed by atoms with E-state index in [0.29, 0.717) is 35.6 Å². The third-order valence-corrected chi connectivity index (χ3v) is 4.36. The summed E-state index contributed by atoms with van der Waals surface area (Å²) >= 11 is 0. The summed E-state index contributed by atoms with van der Waals surface area (Å²) in [5.74, 6) is -0.941. The molecule has 0 aliphatic carbocycles. The number of fused-ring (bicyclic) bond motifs is 1. The normalized spacial score (nSPS) is 18.9. The van der Waals surface area contributed by atoms with Gasteiger partial charge in [-0.25, -0.2) is 4.98 Å². The van der Waals surface area contributed by atoms with Crippen LogP contribution in [0.1, 0.15) is 57.7 Å². The van der Waals surface area contributed by atoms with Crippen LogP contribution in [0.2, 0.25) is 0 Å². The fraction of sp³-hybridized carbons (Fsp3) is 0.667. The molecule has 0 bridgehead atoms. The Kier molecular flexibility index (Phi) is 5.64. The van der Waals surface area contributed by atoms with Crippen molar-refractivity contribution in [1.82, 2.24) is 4.98 Å². The maximum atomic E-state index is 13.1. The molecular weight excluding hydrogens is 331 g/mol. The molecule has 1 aliphatic rings. The zero-order chi connectivity index (χ0) is 18.8. The molecule has 2 N–H and O–H groups in total. The molecule has 25 heavy (non-hydrogen) atoms. The molecule has 1 aromatic heterocycles. The quantitative estimate of drug-likeness (QED) is 0.761. The predicted molar refractivity (Wildman–Crippen MR) is 93.1 cm³/mol. The van der Waals surface area contributed by atoms with Gasteiger partial charge in [-0.3, -0.25) is 0 Å². The molecule has 2 rings (SSSR count). The van der Waals surface area contributed by atoms with Gasteiger partial charge < -0.3 is 15.4 Å². The number of hydrogen-bond donors (Lipinski definition) is 2. The number of carbonyl (C=O) groups is 1. The van der Waals surface area contributed by atoms with Crippen LogP contribution in [0.25, 0.3) is 0 Å². The smallest absolute Gasteiger partial charge is 0.381 e. The van der Waals surface area contributed by atoms with E-state index in [4.69, 9.17) is 0 Å². The second kappa shape index (κ2) is 7.22. The molecule has 0 radical (unpaired) electrons. The lowest BCUT2D eigenvalue weighted by Crippen LogP contribution is -2.36. The van der Waals surface area contributed by atoms with E-state index in [-0.39, 0.29) is 24.4 Å². The van der Waals surface area contributed by atoms with Crippen LogP contribution in [0.3, 0.4) is 0 Å². The van der Waals surface area contributed by atoms with Crippen molar-refractivity contribution in [3.05, 3.63) is 17.3 Å². The van der Waals surface area contributed by atoms with Crippen LogP contribution in [-0.4, -0.2) is 29.5 Å². The molecule has 7 heteroatoms. The van der Waals surface area contributed by atoms with Crippen molar-refractivity contribution in [3.63, 3.8) is 0 Å². The maximum Gasteiger partial charge on any atom is 0.393 e.